The maximum absolute atomic E-state index is 15.8. The minimum absolute atomic E-state index is 0.271. The van der Waals surface area contributed by atoms with Crippen molar-refractivity contribution in [2.75, 3.05) is 0 Å². The van der Waals surface area contributed by atoms with Crippen LogP contribution in [-0.4, -0.2) is 9.97 Å². The number of rotatable bonds is 2. The molecule has 0 N–H and O–H groups in total. The molecule has 0 atom stereocenters. The third kappa shape index (κ3) is 6.24. The van der Waals surface area contributed by atoms with Crippen LogP contribution >= 0.6 is 0 Å². The Balaban J connectivity index is 2.16. The summed E-state index contributed by atoms with van der Waals surface area (Å²) in [5.41, 5.74) is -36.5. The molecule has 0 aliphatic heterocycles. The topological polar surface area (TPSA) is 192 Å². The first-order valence-electron chi connectivity index (χ1n) is 14.8. The van der Waals surface area contributed by atoms with Crippen molar-refractivity contribution in [1.29, 1.82) is 36.8 Å². The first kappa shape index (κ1) is 42.9. The molecule has 3 aromatic rings. The third-order valence-electron chi connectivity index (χ3n) is 8.38. The lowest BCUT2D eigenvalue weighted by atomic mass is 9.86. The molecule has 0 radical (unpaired) electrons. The van der Waals surface area contributed by atoms with E-state index in [1.165, 1.54) is 6.07 Å². The zero-order chi connectivity index (χ0) is 45.4. The van der Waals surface area contributed by atoms with E-state index in [4.69, 9.17) is 0 Å². The van der Waals surface area contributed by atoms with Crippen molar-refractivity contribution in [3.8, 4) is 42.5 Å². The van der Waals surface area contributed by atoms with Gasteiger partial charge < -0.3 is 0 Å². The summed E-state index contributed by atoms with van der Waals surface area (Å²) in [5, 5.41) is 70.1. The van der Waals surface area contributed by atoms with Crippen molar-refractivity contribution in [2.24, 2.45) is 0 Å². The molecular formula is C35HF16N9. The molecule has 1 aromatic carbocycles. The minimum Gasteiger partial charge on any atom is -0.233 e. The van der Waals surface area contributed by atoms with Gasteiger partial charge in [-0.25, -0.2) is 27.5 Å². The molecule has 2 heterocycles. The second kappa shape index (κ2) is 14.0. The standard InChI is InChI=1S/C35HF16N9/c36-24-22(25(37)29(33(43,44)45)59-28(24)32(40,41)42)20-14(7-57)18-11(16(20)9(2-52)3-53)1-12-17(10(4-54)5-55)21(15(8-58)19(12)13(18)6-56)23-26(38)30(34(46,47)48)60-31(27(23)39)35(49,50)51/h1H. The summed E-state index contributed by atoms with van der Waals surface area (Å²) in [4.78, 5) is 3.97. The summed E-state index contributed by atoms with van der Waals surface area (Å²) in [6.07, 6.45) is -24.8. The molecule has 2 aromatic heterocycles. The Labute approximate surface area is 320 Å². The molecule has 0 amide bonds. The van der Waals surface area contributed by atoms with Gasteiger partial charge in [-0.3, -0.25) is 0 Å². The predicted octanol–water partition coefficient (Wildman–Crippen LogP) is 9.48. The lowest BCUT2D eigenvalue weighted by Crippen LogP contribution is -2.21. The van der Waals surface area contributed by atoms with Crippen LogP contribution in [0.25, 0.3) is 33.4 Å². The summed E-state index contributed by atoms with van der Waals surface area (Å²) in [6, 6.07) is 7.97. The molecule has 5 rings (SSSR count). The quantitative estimate of drug-likeness (QED) is 0.178. The minimum atomic E-state index is -6.19. The van der Waals surface area contributed by atoms with E-state index in [1.54, 1.807) is 0 Å². The number of pyridine rings is 2. The average Bonchev–Trinajstić information content (AvgIpc) is 3.62. The SMILES string of the molecule is N#CC(C#N)=C1C(c2c(F)c(C(F)(F)F)nc(C(F)(F)F)c2F)=C(C#N)c2c1cc1c(c2C#N)C(C#N)=C(c2c(F)c(C(F)(F)F)nc(C(F)(F)F)c2F)C1=C(C#N)C#N. The van der Waals surface area contributed by atoms with Crippen molar-refractivity contribution < 1.29 is 70.2 Å². The number of allylic oxidation sites excluding steroid dienone is 8. The molecule has 298 valence electrons. The second-order valence-electron chi connectivity index (χ2n) is 11.5. The fourth-order valence-electron chi connectivity index (χ4n) is 6.27. The first-order valence-corrected chi connectivity index (χ1v) is 14.8. The number of nitrogens with zero attached hydrogens (tertiary/aromatic N) is 9. The highest BCUT2D eigenvalue weighted by Crippen LogP contribution is 2.58. The molecule has 2 aliphatic rings. The highest BCUT2D eigenvalue weighted by molar-refractivity contribution is 6.31. The normalized spacial score (nSPS) is 13.7. The van der Waals surface area contributed by atoms with Gasteiger partial charge in [-0.05, 0) is 17.2 Å². The molecule has 0 spiro atoms. The van der Waals surface area contributed by atoms with Gasteiger partial charge in [-0.1, -0.05) is 0 Å². The maximum atomic E-state index is 15.8. The van der Waals surface area contributed by atoms with Crippen LogP contribution in [-0.2, 0) is 24.7 Å². The fourth-order valence-corrected chi connectivity index (χ4v) is 6.27. The van der Waals surface area contributed by atoms with E-state index >= 15 is 17.6 Å². The number of halogens is 16. The Morgan fingerprint density at radius 1 is 0.417 bits per heavy atom. The van der Waals surface area contributed by atoms with Crippen LogP contribution in [0, 0.1) is 103 Å². The van der Waals surface area contributed by atoms with E-state index in [0.29, 0.717) is 0 Å². The third-order valence-corrected chi connectivity index (χ3v) is 8.38. The lowest BCUT2D eigenvalue weighted by Gasteiger charge is -2.18. The largest absolute Gasteiger partial charge is 0.436 e. The summed E-state index contributed by atoms with van der Waals surface area (Å²) >= 11 is 0. The molecule has 0 saturated carbocycles. The van der Waals surface area contributed by atoms with Gasteiger partial charge in [0.1, 0.15) is 53.6 Å². The predicted molar refractivity (Wildman–Crippen MR) is 161 cm³/mol. The Hall–Kier alpha value is -8.21. The zero-order valence-corrected chi connectivity index (χ0v) is 27.6. The first-order chi connectivity index (χ1) is 27.7. The van der Waals surface area contributed by atoms with E-state index in [2.05, 4.69) is 0 Å². The van der Waals surface area contributed by atoms with Crippen molar-refractivity contribution in [1.82, 2.24) is 9.97 Å². The number of hydrogen-bond acceptors (Lipinski definition) is 9. The Morgan fingerprint density at radius 3 is 0.883 bits per heavy atom. The van der Waals surface area contributed by atoms with Gasteiger partial charge in [-0.15, -0.1) is 0 Å². The van der Waals surface area contributed by atoms with Crippen LogP contribution in [0.5, 0.6) is 0 Å². The van der Waals surface area contributed by atoms with E-state index in [0.717, 1.165) is 36.4 Å². The molecule has 2 aliphatic carbocycles. The average molecular weight is 851 g/mol. The van der Waals surface area contributed by atoms with Crippen LogP contribution in [0.4, 0.5) is 70.2 Å². The summed E-state index contributed by atoms with van der Waals surface area (Å²) in [6.45, 7) is 0. The van der Waals surface area contributed by atoms with Gasteiger partial charge in [0.2, 0.25) is 0 Å². The van der Waals surface area contributed by atoms with Crippen LogP contribution in [0.3, 0.4) is 0 Å². The summed E-state index contributed by atoms with van der Waals surface area (Å²) in [5.74, 6) is -12.0. The molecule has 0 unspecified atom stereocenters. The monoisotopic (exact) mass is 851 g/mol. The van der Waals surface area contributed by atoms with Crippen molar-refractivity contribution in [3.63, 3.8) is 0 Å². The number of alkyl halides is 12. The Morgan fingerprint density at radius 2 is 0.683 bits per heavy atom. The van der Waals surface area contributed by atoms with Crippen LogP contribution in [0.15, 0.2) is 17.2 Å². The maximum Gasteiger partial charge on any atom is 0.436 e. The van der Waals surface area contributed by atoms with Crippen LogP contribution in [0.1, 0.15) is 61.7 Å². The summed E-state index contributed by atoms with van der Waals surface area (Å²) in [7, 11) is 0. The van der Waals surface area contributed by atoms with E-state index in [-0.39, 0.29) is 6.07 Å². The van der Waals surface area contributed by atoms with Crippen LogP contribution in [0.2, 0.25) is 0 Å². The molecule has 25 heteroatoms. The van der Waals surface area contributed by atoms with Gasteiger partial charge in [0.05, 0.1) is 27.8 Å². The highest BCUT2D eigenvalue weighted by atomic mass is 19.4. The van der Waals surface area contributed by atoms with E-state index in [9.17, 15) is 89.5 Å². The van der Waals surface area contributed by atoms with Gasteiger partial charge in [-0.2, -0.15) is 89.5 Å². The molecule has 0 fully saturated rings. The van der Waals surface area contributed by atoms with E-state index in [1.807, 2.05) is 9.97 Å². The molecule has 60 heavy (non-hydrogen) atoms. The molecule has 9 nitrogen and oxygen atoms in total. The zero-order valence-electron chi connectivity index (χ0n) is 27.6. The highest BCUT2D eigenvalue weighted by Gasteiger charge is 2.51. The number of aromatic nitrogens is 2. The van der Waals surface area contributed by atoms with Gasteiger partial charge in [0.25, 0.3) is 0 Å². The Kier molecular flexibility index (Phi) is 10.0. The number of benzene rings is 1. The molecule has 0 bridgehead atoms. The van der Waals surface area contributed by atoms with Crippen molar-refractivity contribution in [2.45, 2.75) is 24.7 Å². The second-order valence-corrected chi connectivity index (χ2v) is 11.5. The lowest BCUT2D eigenvalue weighted by molar-refractivity contribution is -0.155. The van der Waals surface area contributed by atoms with Gasteiger partial charge in [0, 0.05) is 33.4 Å². The summed E-state index contributed by atoms with van der Waals surface area (Å²) < 4.78 is 230. The number of nitriles is 7. The molecular weight excluding hydrogens is 850 g/mol. The fraction of sp³-hybridized carbons (Fsp3) is 0.114. The van der Waals surface area contributed by atoms with Gasteiger partial charge >= 0.3 is 24.7 Å². The number of fused-ring (bicyclic) bond motifs is 2. The van der Waals surface area contributed by atoms with Crippen molar-refractivity contribution >= 4 is 33.4 Å². The number of hydrogen-bond donors (Lipinski definition) is 0. The van der Waals surface area contributed by atoms with Crippen molar-refractivity contribution in [3.05, 3.63) is 102 Å². The van der Waals surface area contributed by atoms with Gasteiger partial charge in [0.15, 0.2) is 46.0 Å². The van der Waals surface area contributed by atoms with E-state index < -0.39 is 154 Å². The Bertz CT molecular complexity index is 2680. The smallest absolute Gasteiger partial charge is 0.233 e. The molecule has 0 saturated heterocycles. The van der Waals surface area contributed by atoms with Crippen LogP contribution < -0.4 is 0 Å².